The van der Waals surface area contributed by atoms with Gasteiger partial charge in [-0.25, -0.2) is 4.99 Å². The maximum atomic E-state index is 12.5. The zero-order chi connectivity index (χ0) is 21.8. The standard InChI is InChI=1S/C22H22Br2N2O3S/c1-5-28-17-11-18(29-6-2)16(23)9-14(17)10-19-21(27)26-22(30-19)25-15-7-12(3)20(24)13(4)8-15/h7-11H,5-6H2,1-4H3,(H,25,26,27)/b19-10-. The number of halogens is 2. The minimum atomic E-state index is -0.184. The van der Waals surface area contributed by atoms with E-state index in [4.69, 9.17) is 9.47 Å². The van der Waals surface area contributed by atoms with E-state index in [1.54, 1.807) is 0 Å². The molecule has 0 aliphatic carbocycles. The number of rotatable bonds is 6. The Morgan fingerprint density at radius 2 is 1.67 bits per heavy atom. The molecule has 1 aliphatic heterocycles. The van der Waals surface area contributed by atoms with Gasteiger partial charge >= 0.3 is 0 Å². The van der Waals surface area contributed by atoms with Crippen molar-refractivity contribution in [3.63, 3.8) is 0 Å². The van der Waals surface area contributed by atoms with E-state index in [2.05, 4.69) is 42.2 Å². The molecule has 1 heterocycles. The highest BCUT2D eigenvalue weighted by Crippen LogP contribution is 2.37. The van der Waals surface area contributed by atoms with Crippen LogP contribution in [0.2, 0.25) is 0 Å². The average Bonchev–Trinajstić information content (AvgIpc) is 3.02. The third kappa shape index (κ3) is 5.28. The Morgan fingerprint density at radius 1 is 1.03 bits per heavy atom. The first kappa shape index (κ1) is 22.9. The van der Waals surface area contributed by atoms with Crippen LogP contribution in [0.3, 0.4) is 0 Å². The fourth-order valence-electron chi connectivity index (χ4n) is 2.94. The molecule has 0 spiro atoms. The van der Waals surface area contributed by atoms with Gasteiger partial charge < -0.3 is 14.8 Å². The molecule has 158 valence electrons. The van der Waals surface area contributed by atoms with Crippen LogP contribution < -0.4 is 14.8 Å². The van der Waals surface area contributed by atoms with Gasteiger partial charge in [-0.15, -0.1) is 0 Å². The number of carbonyl (C=O) groups excluding carboxylic acids is 1. The normalized spacial score (nSPS) is 16.3. The lowest BCUT2D eigenvalue weighted by Crippen LogP contribution is -2.19. The summed E-state index contributed by atoms with van der Waals surface area (Å²) in [5, 5.41) is 3.39. The summed E-state index contributed by atoms with van der Waals surface area (Å²) in [7, 11) is 0. The van der Waals surface area contributed by atoms with Crippen LogP contribution in [-0.2, 0) is 4.79 Å². The van der Waals surface area contributed by atoms with E-state index in [-0.39, 0.29) is 5.91 Å². The summed E-state index contributed by atoms with van der Waals surface area (Å²) in [6, 6.07) is 7.70. The number of benzene rings is 2. The second-order valence-electron chi connectivity index (χ2n) is 6.56. The molecule has 3 rings (SSSR count). The maximum Gasteiger partial charge on any atom is 0.264 e. The molecule has 1 amide bonds. The molecule has 1 fully saturated rings. The molecule has 0 aromatic heterocycles. The lowest BCUT2D eigenvalue weighted by Gasteiger charge is -2.12. The van der Waals surface area contributed by atoms with E-state index in [1.165, 1.54) is 11.8 Å². The molecule has 8 heteroatoms. The van der Waals surface area contributed by atoms with Crippen LogP contribution in [0.5, 0.6) is 11.5 Å². The first-order valence-corrected chi connectivity index (χ1v) is 11.9. The predicted octanol–water partition coefficient (Wildman–Crippen LogP) is 6.52. The molecular weight excluding hydrogens is 532 g/mol. The van der Waals surface area contributed by atoms with Gasteiger partial charge in [-0.05, 0) is 90.8 Å². The Bertz CT molecular complexity index is 1030. The Balaban J connectivity index is 1.92. The molecule has 5 nitrogen and oxygen atoms in total. The first-order valence-electron chi connectivity index (χ1n) is 9.47. The molecule has 0 bridgehead atoms. The fourth-order valence-corrected chi connectivity index (χ4v) is 4.47. The maximum absolute atomic E-state index is 12.5. The quantitative estimate of drug-likeness (QED) is 0.414. The number of hydrogen-bond acceptors (Lipinski definition) is 5. The van der Waals surface area contributed by atoms with Crippen molar-refractivity contribution in [1.29, 1.82) is 0 Å². The topological polar surface area (TPSA) is 59.9 Å². The number of amidine groups is 1. The summed E-state index contributed by atoms with van der Waals surface area (Å²) in [6.45, 7) is 8.95. The Hall–Kier alpha value is -1.77. The summed E-state index contributed by atoms with van der Waals surface area (Å²) in [4.78, 5) is 17.7. The molecule has 2 aromatic rings. The van der Waals surface area contributed by atoms with Crippen molar-refractivity contribution in [3.05, 3.63) is 54.8 Å². The molecule has 1 saturated heterocycles. The fraction of sp³-hybridized carbons (Fsp3) is 0.273. The van der Waals surface area contributed by atoms with E-state index in [0.717, 1.165) is 31.3 Å². The summed E-state index contributed by atoms with van der Waals surface area (Å²) in [5.41, 5.74) is 3.79. The minimum Gasteiger partial charge on any atom is -0.493 e. The molecule has 0 atom stereocenters. The second kappa shape index (κ2) is 10.0. The van der Waals surface area contributed by atoms with Crippen LogP contribution >= 0.6 is 43.6 Å². The highest BCUT2D eigenvalue weighted by Gasteiger charge is 2.25. The van der Waals surface area contributed by atoms with Crippen molar-refractivity contribution >= 4 is 66.5 Å². The van der Waals surface area contributed by atoms with Crippen LogP contribution in [0.15, 0.2) is 43.1 Å². The number of amides is 1. The smallest absolute Gasteiger partial charge is 0.264 e. The van der Waals surface area contributed by atoms with Crippen LogP contribution in [0.1, 0.15) is 30.5 Å². The van der Waals surface area contributed by atoms with E-state index >= 15 is 0 Å². The van der Waals surface area contributed by atoms with Gasteiger partial charge in [-0.3, -0.25) is 4.79 Å². The van der Waals surface area contributed by atoms with Crippen molar-refractivity contribution in [2.45, 2.75) is 27.7 Å². The summed E-state index contributed by atoms with van der Waals surface area (Å²) in [6.07, 6.45) is 1.81. The number of aliphatic imine (C=N–C) groups is 1. The van der Waals surface area contributed by atoms with Gasteiger partial charge in [-0.1, -0.05) is 15.9 Å². The molecule has 2 aromatic carbocycles. The number of ether oxygens (including phenoxy) is 2. The molecule has 0 saturated carbocycles. The first-order chi connectivity index (χ1) is 14.3. The number of carbonyl (C=O) groups is 1. The lowest BCUT2D eigenvalue weighted by molar-refractivity contribution is -0.115. The van der Waals surface area contributed by atoms with Crippen molar-refractivity contribution < 1.29 is 14.3 Å². The largest absolute Gasteiger partial charge is 0.493 e. The van der Waals surface area contributed by atoms with Crippen molar-refractivity contribution in [2.75, 3.05) is 13.2 Å². The monoisotopic (exact) mass is 552 g/mol. The van der Waals surface area contributed by atoms with Crippen LogP contribution in [0, 0.1) is 13.8 Å². The number of hydrogen-bond donors (Lipinski definition) is 1. The molecule has 0 radical (unpaired) electrons. The van der Waals surface area contributed by atoms with E-state index in [0.29, 0.717) is 34.8 Å². The lowest BCUT2D eigenvalue weighted by atomic mass is 10.1. The predicted molar refractivity (Wildman–Crippen MR) is 131 cm³/mol. The van der Waals surface area contributed by atoms with Gasteiger partial charge in [0.2, 0.25) is 0 Å². The van der Waals surface area contributed by atoms with Crippen molar-refractivity contribution in [3.8, 4) is 11.5 Å². The second-order valence-corrected chi connectivity index (χ2v) is 9.24. The number of nitrogens with zero attached hydrogens (tertiary/aromatic N) is 1. The molecule has 0 unspecified atom stereocenters. The Kier molecular flexibility index (Phi) is 7.65. The minimum absolute atomic E-state index is 0.184. The summed E-state index contributed by atoms with van der Waals surface area (Å²) >= 11 is 8.40. The zero-order valence-electron chi connectivity index (χ0n) is 17.1. The van der Waals surface area contributed by atoms with Gasteiger partial charge in [0.1, 0.15) is 11.5 Å². The van der Waals surface area contributed by atoms with Gasteiger partial charge in [-0.2, -0.15) is 0 Å². The molecular formula is C22H22Br2N2O3S. The Morgan fingerprint density at radius 3 is 2.30 bits per heavy atom. The number of thioether (sulfide) groups is 1. The van der Waals surface area contributed by atoms with E-state index in [1.807, 2.05) is 58.0 Å². The van der Waals surface area contributed by atoms with Crippen LogP contribution in [0.25, 0.3) is 6.08 Å². The van der Waals surface area contributed by atoms with Crippen LogP contribution in [-0.4, -0.2) is 24.3 Å². The SMILES string of the molecule is CCOc1cc(OCC)c(/C=C2\SC(=Nc3cc(C)c(Br)c(C)c3)NC2=O)cc1Br. The van der Waals surface area contributed by atoms with Gasteiger partial charge in [0, 0.05) is 16.1 Å². The zero-order valence-corrected chi connectivity index (χ0v) is 21.1. The van der Waals surface area contributed by atoms with Crippen molar-refractivity contribution in [1.82, 2.24) is 5.32 Å². The van der Waals surface area contributed by atoms with Crippen LogP contribution in [0.4, 0.5) is 5.69 Å². The highest BCUT2D eigenvalue weighted by atomic mass is 79.9. The van der Waals surface area contributed by atoms with E-state index in [9.17, 15) is 4.79 Å². The highest BCUT2D eigenvalue weighted by molar-refractivity contribution is 9.10. The van der Waals surface area contributed by atoms with Crippen molar-refractivity contribution in [2.24, 2.45) is 4.99 Å². The summed E-state index contributed by atoms with van der Waals surface area (Å²) < 4.78 is 13.3. The van der Waals surface area contributed by atoms with Gasteiger partial charge in [0.25, 0.3) is 5.91 Å². The van der Waals surface area contributed by atoms with E-state index < -0.39 is 0 Å². The number of aryl methyl sites for hydroxylation is 2. The number of nitrogens with one attached hydrogen (secondary N) is 1. The van der Waals surface area contributed by atoms with Gasteiger partial charge in [0.15, 0.2) is 5.17 Å². The average molecular weight is 554 g/mol. The van der Waals surface area contributed by atoms with Gasteiger partial charge in [0.05, 0.1) is 28.3 Å². The summed E-state index contributed by atoms with van der Waals surface area (Å²) in [5.74, 6) is 1.18. The third-order valence-electron chi connectivity index (χ3n) is 4.25. The molecule has 30 heavy (non-hydrogen) atoms. The molecule has 1 aliphatic rings. The third-order valence-corrected chi connectivity index (χ3v) is 7.03. The molecule has 1 N–H and O–H groups in total. The Labute approximate surface area is 197 Å².